The van der Waals surface area contributed by atoms with Gasteiger partial charge in [0.25, 0.3) is 0 Å². The lowest BCUT2D eigenvalue weighted by Gasteiger charge is -2.13. The smallest absolute Gasteiger partial charge is 0.319 e. The lowest BCUT2D eigenvalue weighted by molar-refractivity contribution is 0.250. The fraction of sp³-hybridized carbons (Fsp3) is 0.417. The van der Waals surface area contributed by atoms with E-state index in [1.54, 1.807) is 6.07 Å². The second kappa shape index (κ2) is 4.88. The minimum Gasteiger partial charge on any atom is -0.398 e. The van der Waals surface area contributed by atoms with Crippen LogP contribution in [-0.4, -0.2) is 12.1 Å². The lowest BCUT2D eigenvalue weighted by Crippen LogP contribution is -2.34. The predicted octanol–water partition coefficient (Wildman–Crippen LogP) is 2.42. The van der Waals surface area contributed by atoms with Gasteiger partial charge in [-0.15, -0.1) is 0 Å². The minimum absolute atomic E-state index is 0.114. The Morgan fingerprint density at radius 3 is 2.44 bits per heavy atom. The van der Waals surface area contributed by atoms with Crippen molar-refractivity contribution in [1.29, 1.82) is 0 Å². The Bertz CT molecular complexity index is 399. The van der Waals surface area contributed by atoms with Crippen LogP contribution < -0.4 is 16.4 Å². The zero-order valence-corrected chi connectivity index (χ0v) is 10.2. The molecule has 1 aromatic rings. The third-order valence-corrected chi connectivity index (χ3v) is 2.28. The average Bonchev–Trinajstić information content (AvgIpc) is 2.12. The van der Waals surface area contributed by atoms with Crippen LogP contribution in [-0.2, 0) is 0 Å². The van der Waals surface area contributed by atoms with Crippen molar-refractivity contribution in [1.82, 2.24) is 5.32 Å². The minimum atomic E-state index is -0.207. The van der Waals surface area contributed by atoms with E-state index in [-0.39, 0.29) is 12.1 Å². The predicted molar refractivity (Wildman–Crippen MR) is 67.6 cm³/mol. The van der Waals surface area contributed by atoms with Gasteiger partial charge in [-0.2, -0.15) is 0 Å². The van der Waals surface area contributed by atoms with Crippen molar-refractivity contribution in [3.05, 3.63) is 23.3 Å². The van der Waals surface area contributed by atoms with Crippen LogP contribution in [0.15, 0.2) is 12.1 Å². The number of nitrogen functional groups attached to an aromatic ring is 1. The Balaban J connectivity index is 2.81. The first kappa shape index (κ1) is 12.4. The number of rotatable bonds is 2. The highest BCUT2D eigenvalue weighted by atomic mass is 16.2. The van der Waals surface area contributed by atoms with E-state index in [0.29, 0.717) is 5.69 Å². The SMILES string of the molecule is Cc1cc(C)c(NC(=O)NC(C)C)cc1N. The van der Waals surface area contributed by atoms with Crippen molar-refractivity contribution in [2.24, 2.45) is 0 Å². The fourth-order valence-electron chi connectivity index (χ4n) is 1.42. The summed E-state index contributed by atoms with van der Waals surface area (Å²) in [7, 11) is 0. The number of benzene rings is 1. The van der Waals surface area contributed by atoms with Gasteiger partial charge in [-0.3, -0.25) is 0 Å². The molecule has 0 radical (unpaired) electrons. The van der Waals surface area contributed by atoms with Crippen molar-refractivity contribution in [3.63, 3.8) is 0 Å². The van der Waals surface area contributed by atoms with E-state index >= 15 is 0 Å². The van der Waals surface area contributed by atoms with Gasteiger partial charge < -0.3 is 16.4 Å². The molecule has 0 unspecified atom stereocenters. The molecule has 0 saturated carbocycles. The summed E-state index contributed by atoms with van der Waals surface area (Å²) in [5, 5.41) is 5.54. The third kappa shape index (κ3) is 3.15. The van der Waals surface area contributed by atoms with Gasteiger partial charge in [0.05, 0.1) is 0 Å². The molecule has 1 aromatic carbocycles. The van der Waals surface area contributed by atoms with Crippen LogP contribution in [0.5, 0.6) is 0 Å². The molecule has 0 heterocycles. The summed E-state index contributed by atoms with van der Waals surface area (Å²) in [5.74, 6) is 0. The topological polar surface area (TPSA) is 67.2 Å². The van der Waals surface area contributed by atoms with Crippen molar-refractivity contribution in [2.75, 3.05) is 11.1 Å². The Hall–Kier alpha value is -1.71. The molecular weight excluding hydrogens is 202 g/mol. The molecule has 0 atom stereocenters. The molecule has 88 valence electrons. The number of carbonyl (C=O) groups is 1. The number of urea groups is 1. The molecule has 0 aliphatic rings. The molecule has 0 bridgehead atoms. The van der Waals surface area contributed by atoms with Crippen molar-refractivity contribution in [2.45, 2.75) is 33.7 Å². The maximum Gasteiger partial charge on any atom is 0.319 e. The van der Waals surface area contributed by atoms with E-state index in [2.05, 4.69) is 10.6 Å². The highest BCUT2D eigenvalue weighted by molar-refractivity contribution is 5.91. The molecule has 4 heteroatoms. The van der Waals surface area contributed by atoms with Crippen LogP contribution in [0.3, 0.4) is 0 Å². The van der Waals surface area contributed by atoms with Crippen LogP contribution in [0, 0.1) is 13.8 Å². The van der Waals surface area contributed by atoms with E-state index in [1.807, 2.05) is 33.8 Å². The molecule has 2 amide bonds. The van der Waals surface area contributed by atoms with E-state index in [1.165, 1.54) is 0 Å². The summed E-state index contributed by atoms with van der Waals surface area (Å²) in [5.41, 5.74) is 9.26. The number of aryl methyl sites for hydroxylation is 2. The van der Waals surface area contributed by atoms with Gasteiger partial charge in [0.1, 0.15) is 0 Å². The van der Waals surface area contributed by atoms with Gasteiger partial charge in [-0.1, -0.05) is 6.07 Å². The van der Waals surface area contributed by atoms with Crippen LogP contribution in [0.4, 0.5) is 16.2 Å². The second-order valence-corrected chi connectivity index (χ2v) is 4.28. The first-order chi connectivity index (χ1) is 7.40. The van der Waals surface area contributed by atoms with E-state index in [4.69, 9.17) is 5.73 Å². The van der Waals surface area contributed by atoms with Gasteiger partial charge in [0, 0.05) is 17.4 Å². The Morgan fingerprint density at radius 2 is 1.88 bits per heavy atom. The third-order valence-electron chi connectivity index (χ3n) is 2.28. The molecular formula is C12H19N3O. The summed E-state index contributed by atoms with van der Waals surface area (Å²) >= 11 is 0. The van der Waals surface area contributed by atoms with Crippen molar-refractivity contribution >= 4 is 17.4 Å². The number of nitrogens with two attached hydrogens (primary N) is 1. The van der Waals surface area contributed by atoms with Gasteiger partial charge in [-0.05, 0) is 44.9 Å². The number of anilines is 2. The molecule has 16 heavy (non-hydrogen) atoms. The standard InChI is InChI=1S/C12H19N3O/c1-7(2)14-12(16)15-11-6-10(13)8(3)5-9(11)4/h5-7H,13H2,1-4H3,(H2,14,15,16). The first-order valence-electron chi connectivity index (χ1n) is 5.34. The summed E-state index contributed by atoms with van der Waals surface area (Å²) in [6, 6.07) is 3.65. The summed E-state index contributed by atoms with van der Waals surface area (Å²) in [4.78, 5) is 11.5. The molecule has 0 aromatic heterocycles. The van der Waals surface area contributed by atoms with Gasteiger partial charge in [-0.25, -0.2) is 4.79 Å². The molecule has 0 saturated heterocycles. The normalized spacial score (nSPS) is 10.3. The fourth-order valence-corrected chi connectivity index (χ4v) is 1.42. The average molecular weight is 221 g/mol. The van der Waals surface area contributed by atoms with E-state index in [0.717, 1.165) is 16.8 Å². The monoisotopic (exact) mass is 221 g/mol. The number of carbonyl (C=O) groups excluding carboxylic acids is 1. The Morgan fingerprint density at radius 1 is 1.25 bits per heavy atom. The van der Waals surface area contributed by atoms with Crippen LogP contribution in [0.1, 0.15) is 25.0 Å². The number of hydrogen-bond donors (Lipinski definition) is 3. The molecule has 4 nitrogen and oxygen atoms in total. The molecule has 0 spiro atoms. The summed E-state index contributed by atoms with van der Waals surface area (Å²) in [6.45, 7) is 7.71. The second-order valence-electron chi connectivity index (χ2n) is 4.28. The summed E-state index contributed by atoms with van der Waals surface area (Å²) in [6.07, 6.45) is 0. The maximum absolute atomic E-state index is 11.5. The number of hydrogen-bond acceptors (Lipinski definition) is 2. The largest absolute Gasteiger partial charge is 0.398 e. The van der Waals surface area contributed by atoms with Gasteiger partial charge in [0.15, 0.2) is 0 Å². The highest BCUT2D eigenvalue weighted by Gasteiger charge is 2.07. The zero-order valence-electron chi connectivity index (χ0n) is 10.2. The zero-order chi connectivity index (χ0) is 12.3. The molecule has 0 aliphatic carbocycles. The molecule has 0 aliphatic heterocycles. The maximum atomic E-state index is 11.5. The van der Waals surface area contributed by atoms with Crippen LogP contribution in [0.25, 0.3) is 0 Å². The van der Waals surface area contributed by atoms with Crippen LogP contribution >= 0.6 is 0 Å². The Kier molecular flexibility index (Phi) is 3.77. The number of amides is 2. The van der Waals surface area contributed by atoms with Gasteiger partial charge >= 0.3 is 6.03 Å². The molecule has 4 N–H and O–H groups in total. The van der Waals surface area contributed by atoms with E-state index in [9.17, 15) is 4.79 Å². The van der Waals surface area contributed by atoms with Crippen LogP contribution in [0.2, 0.25) is 0 Å². The summed E-state index contributed by atoms with van der Waals surface area (Å²) < 4.78 is 0. The molecule has 0 fully saturated rings. The number of nitrogens with one attached hydrogen (secondary N) is 2. The highest BCUT2D eigenvalue weighted by Crippen LogP contribution is 2.21. The quantitative estimate of drug-likeness (QED) is 0.671. The van der Waals surface area contributed by atoms with Crippen molar-refractivity contribution < 1.29 is 4.79 Å². The Labute approximate surface area is 96.2 Å². The first-order valence-corrected chi connectivity index (χ1v) is 5.34. The molecule has 1 rings (SSSR count). The lowest BCUT2D eigenvalue weighted by atomic mass is 10.1. The van der Waals surface area contributed by atoms with Gasteiger partial charge in [0.2, 0.25) is 0 Å². The van der Waals surface area contributed by atoms with Crippen molar-refractivity contribution in [3.8, 4) is 0 Å². The van der Waals surface area contributed by atoms with E-state index < -0.39 is 0 Å².